The van der Waals surface area contributed by atoms with Crippen LogP contribution in [0, 0.1) is 0 Å². The molecule has 0 saturated heterocycles. The van der Waals surface area contributed by atoms with Crippen LogP contribution in [0.3, 0.4) is 0 Å². The largest absolute Gasteiger partial charge is 0.490 e. The number of carbonyl (C=O) groups is 1. The lowest BCUT2D eigenvalue weighted by Crippen LogP contribution is -2.00. The molecule has 0 aliphatic heterocycles. The Balaban J connectivity index is 1.74. The van der Waals surface area contributed by atoms with Crippen molar-refractivity contribution in [3.05, 3.63) is 58.4 Å². The summed E-state index contributed by atoms with van der Waals surface area (Å²) in [5, 5.41) is 3.97. The molecule has 0 unspecified atom stereocenters. The number of hydrogen-bond acceptors (Lipinski definition) is 6. The number of nitrogens with zero attached hydrogens (tertiary/aromatic N) is 2. The summed E-state index contributed by atoms with van der Waals surface area (Å²) in [5.74, 6) is 1.82. The molecule has 3 aromatic rings. The third-order valence-electron chi connectivity index (χ3n) is 3.34. The maximum atomic E-state index is 10.9. The molecule has 1 aromatic heterocycles. The van der Waals surface area contributed by atoms with Crippen molar-refractivity contribution in [3.8, 4) is 22.9 Å². The molecule has 0 bridgehead atoms. The van der Waals surface area contributed by atoms with Gasteiger partial charge in [0.05, 0.1) is 6.61 Å². The first-order valence-electron chi connectivity index (χ1n) is 7.63. The van der Waals surface area contributed by atoms with Crippen LogP contribution in [-0.2, 0) is 6.61 Å². The highest BCUT2D eigenvalue weighted by atomic mass is 79.9. The summed E-state index contributed by atoms with van der Waals surface area (Å²) in [6, 6.07) is 12.6. The summed E-state index contributed by atoms with van der Waals surface area (Å²) >= 11 is 3.46. The number of aldehydes is 1. The van der Waals surface area contributed by atoms with Crippen LogP contribution in [0.15, 0.2) is 51.5 Å². The van der Waals surface area contributed by atoms with Gasteiger partial charge in [-0.2, -0.15) is 4.98 Å². The first-order valence-corrected chi connectivity index (χ1v) is 8.43. The molecule has 25 heavy (non-hydrogen) atoms. The molecule has 3 rings (SSSR count). The molecule has 0 spiro atoms. The minimum Gasteiger partial charge on any atom is -0.490 e. The quantitative estimate of drug-likeness (QED) is 0.548. The van der Waals surface area contributed by atoms with Crippen molar-refractivity contribution >= 4 is 22.2 Å². The van der Waals surface area contributed by atoms with Gasteiger partial charge in [0.2, 0.25) is 5.82 Å². The fourth-order valence-corrected chi connectivity index (χ4v) is 2.65. The molecule has 0 aliphatic carbocycles. The predicted octanol–water partition coefficient (Wildman–Crippen LogP) is 4.29. The van der Waals surface area contributed by atoms with Crippen molar-refractivity contribution in [1.29, 1.82) is 0 Å². The lowest BCUT2D eigenvalue weighted by atomic mass is 10.2. The molecule has 7 heteroatoms. The molecule has 0 N–H and O–H groups in total. The van der Waals surface area contributed by atoms with E-state index < -0.39 is 0 Å². The first-order chi connectivity index (χ1) is 12.2. The normalized spacial score (nSPS) is 10.5. The van der Waals surface area contributed by atoms with E-state index in [2.05, 4.69) is 26.1 Å². The van der Waals surface area contributed by atoms with Crippen LogP contribution in [0.2, 0.25) is 0 Å². The minimum absolute atomic E-state index is 0.0952. The summed E-state index contributed by atoms with van der Waals surface area (Å²) in [4.78, 5) is 15.2. The Bertz CT molecular complexity index is 879. The molecule has 0 aliphatic rings. The number of hydrogen-bond donors (Lipinski definition) is 0. The number of halogens is 1. The van der Waals surface area contributed by atoms with E-state index in [4.69, 9.17) is 14.0 Å². The molecule has 1 heterocycles. The molecule has 0 radical (unpaired) electrons. The van der Waals surface area contributed by atoms with Gasteiger partial charge in [0.1, 0.15) is 6.29 Å². The zero-order valence-corrected chi connectivity index (χ0v) is 15.0. The third-order valence-corrected chi connectivity index (χ3v) is 4.03. The average Bonchev–Trinajstić information content (AvgIpc) is 3.10. The fraction of sp³-hybridized carbons (Fsp3) is 0.167. The van der Waals surface area contributed by atoms with Crippen molar-refractivity contribution in [2.75, 3.05) is 6.61 Å². The molecular formula is C18H15BrN2O4. The van der Waals surface area contributed by atoms with E-state index in [0.29, 0.717) is 35.4 Å². The van der Waals surface area contributed by atoms with E-state index in [1.54, 1.807) is 18.2 Å². The second-order valence-electron chi connectivity index (χ2n) is 5.04. The molecular weight excluding hydrogens is 388 g/mol. The van der Waals surface area contributed by atoms with E-state index in [-0.39, 0.29) is 6.61 Å². The van der Waals surface area contributed by atoms with Crippen LogP contribution in [0.1, 0.15) is 23.2 Å². The third kappa shape index (κ3) is 4.06. The van der Waals surface area contributed by atoms with Gasteiger partial charge >= 0.3 is 0 Å². The summed E-state index contributed by atoms with van der Waals surface area (Å²) < 4.78 is 17.3. The number of ether oxygens (including phenoxy) is 2. The van der Waals surface area contributed by atoms with Gasteiger partial charge in [-0.1, -0.05) is 33.2 Å². The molecule has 0 fully saturated rings. The predicted molar refractivity (Wildman–Crippen MR) is 94.8 cm³/mol. The van der Waals surface area contributed by atoms with Crippen molar-refractivity contribution in [3.63, 3.8) is 0 Å². The van der Waals surface area contributed by atoms with Gasteiger partial charge in [0.15, 0.2) is 18.1 Å². The second-order valence-corrected chi connectivity index (χ2v) is 5.89. The summed E-state index contributed by atoms with van der Waals surface area (Å²) in [6.07, 6.45) is 0.758. The average molecular weight is 403 g/mol. The smallest absolute Gasteiger partial charge is 0.264 e. The first kappa shape index (κ1) is 17.2. The Morgan fingerprint density at radius 1 is 1.16 bits per heavy atom. The standard InChI is InChI=1S/C18H15BrN2O4/c1-2-23-16-9-12(10-22)7-8-15(16)24-11-17-20-18(21-25-17)13-5-3-4-6-14(13)19/h3-10H,2,11H2,1H3. The van der Waals surface area contributed by atoms with E-state index in [0.717, 1.165) is 16.3 Å². The Labute approximate surface area is 152 Å². The van der Waals surface area contributed by atoms with Crippen LogP contribution in [0.4, 0.5) is 0 Å². The summed E-state index contributed by atoms with van der Waals surface area (Å²) in [5.41, 5.74) is 1.35. The monoisotopic (exact) mass is 402 g/mol. The van der Waals surface area contributed by atoms with Crippen LogP contribution >= 0.6 is 15.9 Å². The van der Waals surface area contributed by atoms with E-state index >= 15 is 0 Å². The van der Waals surface area contributed by atoms with E-state index in [1.165, 1.54) is 0 Å². The Morgan fingerprint density at radius 3 is 2.76 bits per heavy atom. The van der Waals surface area contributed by atoms with E-state index in [1.807, 2.05) is 31.2 Å². The SMILES string of the molecule is CCOc1cc(C=O)ccc1OCc1nc(-c2ccccc2Br)no1. The van der Waals surface area contributed by atoms with Crippen LogP contribution in [0.5, 0.6) is 11.5 Å². The highest BCUT2D eigenvalue weighted by Gasteiger charge is 2.13. The van der Waals surface area contributed by atoms with E-state index in [9.17, 15) is 4.79 Å². The Hall–Kier alpha value is -2.67. The molecule has 2 aromatic carbocycles. The molecule has 128 valence electrons. The van der Waals surface area contributed by atoms with Crippen molar-refractivity contribution in [2.45, 2.75) is 13.5 Å². The fourth-order valence-electron chi connectivity index (χ4n) is 2.19. The van der Waals surface area contributed by atoms with Crippen LogP contribution < -0.4 is 9.47 Å². The van der Waals surface area contributed by atoms with Gasteiger partial charge < -0.3 is 14.0 Å². The second kappa shape index (κ2) is 7.94. The highest BCUT2D eigenvalue weighted by Crippen LogP contribution is 2.29. The van der Waals surface area contributed by atoms with Gasteiger partial charge in [-0.15, -0.1) is 0 Å². The zero-order valence-electron chi connectivity index (χ0n) is 13.4. The van der Waals surface area contributed by atoms with Gasteiger partial charge in [0, 0.05) is 15.6 Å². The van der Waals surface area contributed by atoms with Crippen molar-refractivity contribution in [2.24, 2.45) is 0 Å². The molecule has 0 amide bonds. The van der Waals surface area contributed by atoms with Gasteiger partial charge in [-0.25, -0.2) is 0 Å². The number of rotatable bonds is 7. The number of carbonyl (C=O) groups excluding carboxylic acids is 1. The highest BCUT2D eigenvalue weighted by molar-refractivity contribution is 9.10. The maximum Gasteiger partial charge on any atom is 0.264 e. The topological polar surface area (TPSA) is 74.5 Å². The van der Waals surface area contributed by atoms with Crippen molar-refractivity contribution < 1.29 is 18.8 Å². The van der Waals surface area contributed by atoms with Gasteiger partial charge in [-0.3, -0.25) is 4.79 Å². The van der Waals surface area contributed by atoms with Gasteiger partial charge in [0.25, 0.3) is 5.89 Å². The number of aromatic nitrogens is 2. The molecule has 6 nitrogen and oxygen atoms in total. The Morgan fingerprint density at radius 2 is 2.00 bits per heavy atom. The maximum absolute atomic E-state index is 10.9. The van der Waals surface area contributed by atoms with Gasteiger partial charge in [-0.05, 0) is 37.3 Å². The van der Waals surface area contributed by atoms with Crippen molar-refractivity contribution in [1.82, 2.24) is 10.1 Å². The minimum atomic E-state index is 0.0952. The van der Waals surface area contributed by atoms with Crippen LogP contribution in [-0.4, -0.2) is 23.0 Å². The summed E-state index contributed by atoms with van der Waals surface area (Å²) in [6.45, 7) is 2.42. The Kier molecular flexibility index (Phi) is 5.45. The lowest BCUT2D eigenvalue weighted by Gasteiger charge is -2.10. The zero-order chi connectivity index (χ0) is 17.6. The van der Waals surface area contributed by atoms with Crippen LogP contribution in [0.25, 0.3) is 11.4 Å². The lowest BCUT2D eigenvalue weighted by molar-refractivity contribution is 0.112. The molecule has 0 saturated carbocycles. The molecule has 0 atom stereocenters. The summed E-state index contributed by atoms with van der Waals surface area (Å²) in [7, 11) is 0. The number of benzene rings is 2.